The average molecular weight is 301 g/mol. The first-order valence-corrected chi connectivity index (χ1v) is 7.47. The Kier molecular flexibility index (Phi) is 3.48. The maximum atomic E-state index is 5.56. The van der Waals surface area contributed by atoms with E-state index in [-0.39, 0.29) is 0 Å². The fourth-order valence-electron chi connectivity index (χ4n) is 2.47. The molecular weight excluding hydrogens is 286 g/mol. The van der Waals surface area contributed by atoms with Crippen LogP contribution in [0.1, 0.15) is 5.69 Å². The Labute approximate surface area is 134 Å². The maximum absolute atomic E-state index is 5.56. The molecule has 2 aromatic heterocycles. The van der Waals surface area contributed by atoms with Crippen molar-refractivity contribution in [2.75, 3.05) is 0 Å². The van der Waals surface area contributed by atoms with Crippen LogP contribution in [-0.4, -0.2) is 14.8 Å². The molecule has 2 aromatic carbocycles. The molecule has 2 heterocycles. The molecule has 0 atom stereocenters. The number of oxazole rings is 1. The van der Waals surface area contributed by atoms with Crippen LogP contribution in [0.4, 0.5) is 0 Å². The fourth-order valence-corrected chi connectivity index (χ4v) is 2.47. The van der Waals surface area contributed by atoms with Crippen LogP contribution in [0.2, 0.25) is 0 Å². The van der Waals surface area contributed by atoms with Crippen molar-refractivity contribution in [1.82, 2.24) is 14.8 Å². The van der Waals surface area contributed by atoms with Gasteiger partial charge in [-0.25, -0.2) is 4.98 Å². The molecule has 0 fully saturated rings. The number of hydrogen-bond donors (Lipinski definition) is 0. The zero-order valence-corrected chi connectivity index (χ0v) is 12.5. The van der Waals surface area contributed by atoms with Crippen molar-refractivity contribution >= 4 is 0 Å². The minimum absolute atomic E-state index is 0.586. The topological polar surface area (TPSA) is 43.9 Å². The zero-order chi connectivity index (χ0) is 15.5. The van der Waals surface area contributed by atoms with Gasteiger partial charge < -0.3 is 4.42 Å². The summed E-state index contributed by atoms with van der Waals surface area (Å²) < 4.78 is 7.43. The minimum atomic E-state index is 0.586. The van der Waals surface area contributed by atoms with Gasteiger partial charge in [-0.3, -0.25) is 4.68 Å². The molecule has 0 radical (unpaired) electrons. The molecule has 0 aliphatic heterocycles. The quantitative estimate of drug-likeness (QED) is 0.566. The van der Waals surface area contributed by atoms with Gasteiger partial charge in [0.15, 0.2) is 0 Å². The lowest BCUT2D eigenvalue weighted by Crippen LogP contribution is -2.00. The van der Waals surface area contributed by atoms with E-state index in [0.717, 1.165) is 22.5 Å². The summed E-state index contributed by atoms with van der Waals surface area (Å²) in [6, 6.07) is 22.0. The summed E-state index contributed by atoms with van der Waals surface area (Å²) in [5, 5.41) is 4.59. The van der Waals surface area contributed by atoms with E-state index in [1.54, 1.807) is 6.26 Å². The van der Waals surface area contributed by atoms with Crippen LogP contribution < -0.4 is 0 Å². The summed E-state index contributed by atoms with van der Waals surface area (Å²) in [4.78, 5) is 4.53. The van der Waals surface area contributed by atoms with E-state index in [0.29, 0.717) is 12.4 Å². The van der Waals surface area contributed by atoms with E-state index in [1.807, 2.05) is 65.5 Å². The maximum Gasteiger partial charge on any atom is 0.226 e. The van der Waals surface area contributed by atoms with Crippen LogP contribution in [-0.2, 0) is 6.54 Å². The molecule has 4 aromatic rings. The molecule has 4 heteroatoms. The third kappa shape index (κ3) is 2.92. The van der Waals surface area contributed by atoms with Crippen molar-refractivity contribution < 1.29 is 4.42 Å². The molecule has 0 aliphatic carbocycles. The molecule has 0 saturated heterocycles. The zero-order valence-electron chi connectivity index (χ0n) is 12.5. The Balaban J connectivity index is 1.53. The Hall–Kier alpha value is -3.14. The summed E-state index contributed by atoms with van der Waals surface area (Å²) in [5.74, 6) is 0.635. The average Bonchev–Trinajstić information content (AvgIpc) is 3.27. The molecule has 0 N–H and O–H groups in total. The van der Waals surface area contributed by atoms with E-state index in [9.17, 15) is 0 Å². The van der Waals surface area contributed by atoms with Crippen molar-refractivity contribution in [3.05, 3.63) is 84.9 Å². The lowest BCUT2D eigenvalue weighted by molar-refractivity contribution is 0.569. The van der Waals surface area contributed by atoms with Crippen molar-refractivity contribution in [2.45, 2.75) is 6.54 Å². The highest BCUT2D eigenvalue weighted by atomic mass is 16.3. The van der Waals surface area contributed by atoms with E-state index < -0.39 is 0 Å². The number of aromatic nitrogens is 3. The van der Waals surface area contributed by atoms with Gasteiger partial charge in [-0.2, -0.15) is 5.10 Å². The van der Waals surface area contributed by atoms with Gasteiger partial charge in [0.1, 0.15) is 12.0 Å². The molecule has 0 saturated carbocycles. The summed E-state index contributed by atoms with van der Waals surface area (Å²) in [6.07, 6.45) is 3.64. The molecular formula is C19H15N3O. The molecule has 0 bridgehead atoms. The second kappa shape index (κ2) is 5.93. The number of rotatable bonds is 4. The van der Waals surface area contributed by atoms with Gasteiger partial charge in [0.25, 0.3) is 0 Å². The van der Waals surface area contributed by atoms with Crippen molar-refractivity contribution in [3.8, 4) is 22.7 Å². The summed E-state index contributed by atoms with van der Waals surface area (Å²) in [5.41, 5.74) is 3.89. The van der Waals surface area contributed by atoms with Gasteiger partial charge in [-0.1, -0.05) is 48.5 Å². The molecule has 23 heavy (non-hydrogen) atoms. The van der Waals surface area contributed by atoms with Crippen LogP contribution in [0.15, 0.2) is 83.6 Å². The van der Waals surface area contributed by atoms with E-state index in [2.05, 4.69) is 22.2 Å². The third-order valence-corrected chi connectivity index (χ3v) is 3.61. The number of hydrogen-bond acceptors (Lipinski definition) is 3. The van der Waals surface area contributed by atoms with Crippen LogP contribution in [0.5, 0.6) is 0 Å². The van der Waals surface area contributed by atoms with E-state index in [1.165, 1.54) is 0 Å². The number of nitrogens with zero attached hydrogens (tertiary/aromatic N) is 3. The fraction of sp³-hybridized carbons (Fsp3) is 0.0526. The van der Waals surface area contributed by atoms with E-state index in [4.69, 9.17) is 4.42 Å². The lowest BCUT2D eigenvalue weighted by Gasteiger charge is -1.98. The monoisotopic (exact) mass is 301 g/mol. The molecule has 0 unspecified atom stereocenters. The predicted molar refractivity (Wildman–Crippen MR) is 88.7 cm³/mol. The lowest BCUT2D eigenvalue weighted by atomic mass is 10.2. The van der Waals surface area contributed by atoms with Gasteiger partial charge in [-0.05, 0) is 18.2 Å². The standard InChI is InChI=1S/C19H15N3O/c1-3-7-15(8-4-1)18-11-12-22(21-18)13-17-14-23-19(20-17)16-9-5-2-6-10-16/h1-12,14H,13H2. The Morgan fingerprint density at radius 1 is 0.826 bits per heavy atom. The smallest absolute Gasteiger partial charge is 0.226 e. The summed E-state index contributed by atoms with van der Waals surface area (Å²) in [7, 11) is 0. The highest BCUT2D eigenvalue weighted by molar-refractivity contribution is 5.58. The Bertz CT molecular complexity index is 819. The van der Waals surface area contributed by atoms with Crippen molar-refractivity contribution in [3.63, 3.8) is 0 Å². The SMILES string of the molecule is c1ccc(-c2ccn(Cc3coc(-c4ccccc4)n3)n2)cc1. The molecule has 4 rings (SSSR count). The van der Waals surface area contributed by atoms with E-state index >= 15 is 0 Å². The molecule has 112 valence electrons. The van der Waals surface area contributed by atoms with Crippen LogP contribution >= 0.6 is 0 Å². The summed E-state index contributed by atoms with van der Waals surface area (Å²) in [6.45, 7) is 0.586. The highest BCUT2D eigenvalue weighted by Gasteiger charge is 2.08. The highest BCUT2D eigenvalue weighted by Crippen LogP contribution is 2.19. The van der Waals surface area contributed by atoms with Gasteiger partial charge >= 0.3 is 0 Å². The van der Waals surface area contributed by atoms with Gasteiger partial charge in [0.05, 0.1) is 12.2 Å². The van der Waals surface area contributed by atoms with Crippen molar-refractivity contribution in [2.24, 2.45) is 0 Å². The molecule has 0 amide bonds. The largest absolute Gasteiger partial charge is 0.444 e. The predicted octanol–water partition coefficient (Wildman–Crippen LogP) is 4.25. The van der Waals surface area contributed by atoms with Crippen LogP contribution in [0, 0.1) is 0 Å². The van der Waals surface area contributed by atoms with Crippen molar-refractivity contribution in [1.29, 1.82) is 0 Å². The first-order chi connectivity index (χ1) is 11.4. The van der Waals surface area contributed by atoms with Gasteiger partial charge in [0.2, 0.25) is 5.89 Å². The molecule has 4 nitrogen and oxygen atoms in total. The summed E-state index contributed by atoms with van der Waals surface area (Å²) >= 11 is 0. The Morgan fingerprint density at radius 3 is 2.26 bits per heavy atom. The second-order valence-corrected chi connectivity index (χ2v) is 5.27. The van der Waals surface area contributed by atoms with Gasteiger partial charge in [0, 0.05) is 17.3 Å². The first kappa shape index (κ1) is 13.5. The van der Waals surface area contributed by atoms with Gasteiger partial charge in [-0.15, -0.1) is 0 Å². The Morgan fingerprint density at radius 2 is 1.52 bits per heavy atom. The molecule has 0 spiro atoms. The van der Waals surface area contributed by atoms with Crippen LogP contribution in [0.3, 0.4) is 0 Å². The number of benzene rings is 2. The first-order valence-electron chi connectivity index (χ1n) is 7.47. The van der Waals surface area contributed by atoms with Crippen LogP contribution in [0.25, 0.3) is 22.7 Å². The third-order valence-electron chi connectivity index (χ3n) is 3.61. The second-order valence-electron chi connectivity index (χ2n) is 5.27. The minimum Gasteiger partial charge on any atom is -0.444 e. The molecule has 0 aliphatic rings. The normalized spacial score (nSPS) is 10.8.